The summed E-state index contributed by atoms with van der Waals surface area (Å²) in [6.45, 7) is 7.53. The highest BCUT2D eigenvalue weighted by Gasteiger charge is 2.18. The van der Waals surface area contributed by atoms with Crippen LogP contribution in [0.2, 0.25) is 0 Å². The van der Waals surface area contributed by atoms with E-state index in [4.69, 9.17) is 5.11 Å². The summed E-state index contributed by atoms with van der Waals surface area (Å²) in [5, 5.41) is 13.5. The third kappa shape index (κ3) is 2.01. The summed E-state index contributed by atoms with van der Waals surface area (Å²) in [7, 11) is 0. The van der Waals surface area contributed by atoms with Gasteiger partial charge in [0, 0.05) is 0 Å². The van der Waals surface area contributed by atoms with Crippen LogP contribution in [0.25, 0.3) is 5.69 Å². The summed E-state index contributed by atoms with van der Waals surface area (Å²) in [6.07, 6.45) is 0. The first kappa shape index (κ1) is 12.4. The zero-order valence-corrected chi connectivity index (χ0v) is 11.0. The molecular weight excluding hydrogens is 228 g/mol. The number of carboxylic acid groups (broad SMARTS) is 1. The van der Waals surface area contributed by atoms with Crippen LogP contribution >= 0.6 is 0 Å². The molecule has 18 heavy (non-hydrogen) atoms. The lowest BCUT2D eigenvalue weighted by Gasteiger charge is -2.07. The van der Waals surface area contributed by atoms with Crippen LogP contribution in [0.15, 0.2) is 18.2 Å². The highest BCUT2D eigenvalue weighted by molar-refractivity contribution is 5.90. The molecule has 0 aliphatic heterocycles. The highest BCUT2D eigenvalue weighted by Crippen LogP contribution is 2.19. The standard InChI is InChI=1S/C14H16N2O2/c1-8-5-9(2)7-12(6-8)16-11(4)13(14(17)18)10(3)15-16/h5-7H,1-4H3,(H,17,18). The first-order valence-corrected chi connectivity index (χ1v) is 5.78. The maximum atomic E-state index is 11.2. The number of hydrogen-bond donors (Lipinski definition) is 1. The lowest BCUT2D eigenvalue weighted by atomic mass is 10.1. The van der Waals surface area contributed by atoms with Crippen molar-refractivity contribution >= 4 is 5.97 Å². The lowest BCUT2D eigenvalue weighted by Crippen LogP contribution is -2.03. The normalized spacial score (nSPS) is 10.7. The van der Waals surface area contributed by atoms with Gasteiger partial charge in [-0.15, -0.1) is 0 Å². The molecule has 0 saturated carbocycles. The van der Waals surface area contributed by atoms with Crippen molar-refractivity contribution in [3.05, 3.63) is 46.3 Å². The molecule has 1 N–H and O–H groups in total. The van der Waals surface area contributed by atoms with Gasteiger partial charge in [-0.1, -0.05) is 6.07 Å². The van der Waals surface area contributed by atoms with Crippen LogP contribution < -0.4 is 0 Å². The Morgan fingerprint density at radius 3 is 2.11 bits per heavy atom. The first-order chi connectivity index (χ1) is 8.40. The number of carboxylic acids is 1. The monoisotopic (exact) mass is 244 g/mol. The molecule has 94 valence electrons. The topological polar surface area (TPSA) is 55.1 Å². The largest absolute Gasteiger partial charge is 0.478 e. The van der Waals surface area contributed by atoms with Gasteiger partial charge >= 0.3 is 5.97 Å². The minimum absolute atomic E-state index is 0.286. The van der Waals surface area contributed by atoms with Gasteiger partial charge in [0.05, 0.1) is 17.1 Å². The van der Waals surface area contributed by atoms with E-state index in [0.717, 1.165) is 16.8 Å². The van der Waals surface area contributed by atoms with E-state index < -0.39 is 5.97 Å². The Labute approximate surface area is 106 Å². The van der Waals surface area contributed by atoms with Crippen LogP contribution in [0.4, 0.5) is 0 Å². The minimum atomic E-state index is -0.930. The number of hydrogen-bond acceptors (Lipinski definition) is 2. The number of benzene rings is 1. The number of carbonyl (C=O) groups is 1. The van der Waals surface area contributed by atoms with Gasteiger partial charge in [0.25, 0.3) is 0 Å². The molecule has 4 nitrogen and oxygen atoms in total. The second-order valence-electron chi connectivity index (χ2n) is 4.61. The Morgan fingerprint density at radius 1 is 1.11 bits per heavy atom. The fourth-order valence-electron chi connectivity index (χ4n) is 2.28. The second-order valence-corrected chi connectivity index (χ2v) is 4.61. The second kappa shape index (κ2) is 4.29. The summed E-state index contributed by atoms with van der Waals surface area (Å²) in [4.78, 5) is 11.2. The van der Waals surface area contributed by atoms with Crippen molar-refractivity contribution < 1.29 is 9.90 Å². The average Bonchev–Trinajstić information content (AvgIpc) is 2.52. The van der Waals surface area contributed by atoms with Crippen molar-refractivity contribution in [1.82, 2.24) is 9.78 Å². The van der Waals surface area contributed by atoms with E-state index in [1.807, 2.05) is 26.0 Å². The van der Waals surface area contributed by atoms with Crippen LogP contribution in [0.5, 0.6) is 0 Å². The number of aryl methyl sites for hydroxylation is 3. The zero-order chi connectivity index (χ0) is 13.4. The molecule has 2 rings (SSSR count). The molecule has 0 spiro atoms. The van der Waals surface area contributed by atoms with E-state index in [0.29, 0.717) is 11.4 Å². The number of rotatable bonds is 2. The molecule has 0 saturated heterocycles. The van der Waals surface area contributed by atoms with Gasteiger partial charge in [-0.25, -0.2) is 9.48 Å². The first-order valence-electron chi connectivity index (χ1n) is 5.78. The summed E-state index contributed by atoms with van der Waals surface area (Å²) < 4.78 is 1.69. The van der Waals surface area contributed by atoms with Crippen molar-refractivity contribution in [1.29, 1.82) is 0 Å². The third-order valence-corrected chi connectivity index (χ3v) is 2.96. The summed E-state index contributed by atoms with van der Waals surface area (Å²) in [5.41, 5.74) is 4.66. The fourth-order valence-corrected chi connectivity index (χ4v) is 2.28. The molecule has 0 atom stereocenters. The maximum absolute atomic E-state index is 11.2. The molecule has 1 aromatic heterocycles. The van der Waals surface area contributed by atoms with Gasteiger partial charge in [0.1, 0.15) is 5.56 Å². The smallest absolute Gasteiger partial charge is 0.339 e. The van der Waals surface area contributed by atoms with E-state index in [2.05, 4.69) is 11.2 Å². The third-order valence-electron chi connectivity index (χ3n) is 2.96. The molecule has 0 aliphatic carbocycles. The van der Waals surface area contributed by atoms with E-state index in [1.165, 1.54) is 0 Å². The van der Waals surface area contributed by atoms with Gasteiger partial charge in [-0.05, 0) is 51.0 Å². The Morgan fingerprint density at radius 2 is 1.67 bits per heavy atom. The number of aromatic carboxylic acids is 1. The SMILES string of the molecule is Cc1cc(C)cc(-n2nc(C)c(C(=O)O)c2C)c1. The zero-order valence-electron chi connectivity index (χ0n) is 11.0. The van der Waals surface area contributed by atoms with Crippen molar-refractivity contribution in [3.63, 3.8) is 0 Å². The van der Waals surface area contributed by atoms with Gasteiger partial charge < -0.3 is 5.11 Å². The lowest BCUT2D eigenvalue weighted by molar-refractivity contribution is 0.0695. The van der Waals surface area contributed by atoms with Crippen LogP contribution in [-0.2, 0) is 0 Å². The summed E-state index contributed by atoms with van der Waals surface area (Å²) in [6, 6.07) is 6.07. The van der Waals surface area contributed by atoms with Gasteiger partial charge in [0.15, 0.2) is 0 Å². The molecule has 2 aromatic rings. The van der Waals surface area contributed by atoms with Gasteiger partial charge in [-0.2, -0.15) is 5.10 Å². The van der Waals surface area contributed by atoms with E-state index in [9.17, 15) is 4.79 Å². The summed E-state index contributed by atoms with van der Waals surface area (Å²) in [5.74, 6) is -0.930. The van der Waals surface area contributed by atoms with Crippen LogP contribution in [-0.4, -0.2) is 20.9 Å². The summed E-state index contributed by atoms with van der Waals surface area (Å²) >= 11 is 0. The van der Waals surface area contributed by atoms with Crippen LogP contribution in [0, 0.1) is 27.7 Å². The van der Waals surface area contributed by atoms with E-state index in [1.54, 1.807) is 18.5 Å². The predicted octanol–water partition coefficient (Wildman–Crippen LogP) is 2.80. The Hall–Kier alpha value is -2.10. The Bertz CT molecular complexity index is 607. The average molecular weight is 244 g/mol. The van der Waals surface area contributed by atoms with E-state index >= 15 is 0 Å². The highest BCUT2D eigenvalue weighted by atomic mass is 16.4. The molecule has 0 unspecified atom stereocenters. The molecule has 0 radical (unpaired) electrons. The van der Waals surface area contributed by atoms with Crippen LogP contribution in [0.1, 0.15) is 32.9 Å². The molecule has 0 fully saturated rings. The molecule has 0 aliphatic rings. The number of aromatic nitrogens is 2. The van der Waals surface area contributed by atoms with Gasteiger partial charge in [-0.3, -0.25) is 0 Å². The van der Waals surface area contributed by atoms with Crippen molar-refractivity contribution in [2.75, 3.05) is 0 Å². The van der Waals surface area contributed by atoms with Crippen molar-refractivity contribution in [2.45, 2.75) is 27.7 Å². The quantitative estimate of drug-likeness (QED) is 0.883. The Balaban J connectivity index is 2.65. The Kier molecular flexibility index (Phi) is 2.95. The fraction of sp³-hybridized carbons (Fsp3) is 0.286. The van der Waals surface area contributed by atoms with Crippen LogP contribution in [0.3, 0.4) is 0 Å². The maximum Gasteiger partial charge on any atom is 0.339 e. The molecule has 4 heteroatoms. The molecular formula is C14H16N2O2. The molecule has 1 heterocycles. The van der Waals surface area contributed by atoms with Gasteiger partial charge in [0.2, 0.25) is 0 Å². The molecule has 1 aromatic carbocycles. The molecule has 0 amide bonds. The molecule has 0 bridgehead atoms. The van der Waals surface area contributed by atoms with E-state index in [-0.39, 0.29) is 5.56 Å². The number of nitrogens with zero attached hydrogens (tertiary/aromatic N) is 2. The van der Waals surface area contributed by atoms with Crippen molar-refractivity contribution in [3.8, 4) is 5.69 Å². The minimum Gasteiger partial charge on any atom is -0.478 e. The van der Waals surface area contributed by atoms with Crippen molar-refractivity contribution in [2.24, 2.45) is 0 Å². The predicted molar refractivity (Wildman–Crippen MR) is 69.5 cm³/mol.